The van der Waals surface area contributed by atoms with Crippen molar-refractivity contribution in [3.8, 4) is 0 Å². The molecule has 1 aliphatic heterocycles. The van der Waals surface area contributed by atoms with Crippen molar-refractivity contribution in [3.05, 3.63) is 40.3 Å². The molecule has 1 aromatic carbocycles. The van der Waals surface area contributed by atoms with Crippen LogP contribution in [0.4, 0.5) is 10.5 Å². The lowest BCUT2D eigenvalue weighted by Gasteiger charge is -2.13. The Hall–Kier alpha value is -2.24. The molecular weight excluding hydrogens is 248 g/mol. The number of aliphatic hydroxyl groups excluding tert-OH is 1. The van der Waals surface area contributed by atoms with E-state index in [0.717, 1.165) is 11.3 Å². The monoisotopic (exact) mass is 262 g/mol. The van der Waals surface area contributed by atoms with Gasteiger partial charge in [0.05, 0.1) is 13.1 Å². The van der Waals surface area contributed by atoms with Crippen LogP contribution in [-0.4, -0.2) is 37.0 Å². The largest absolute Gasteiger partial charge is 0.444 e. The molecule has 1 amide bonds. The van der Waals surface area contributed by atoms with E-state index in [1.165, 1.54) is 4.90 Å². The molecular formula is C12H14N4O3. The van der Waals surface area contributed by atoms with Crippen molar-refractivity contribution in [2.75, 3.05) is 24.6 Å². The van der Waals surface area contributed by atoms with Gasteiger partial charge in [0.25, 0.3) is 0 Å². The minimum absolute atomic E-state index is 0.0966. The first-order valence-corrected chi connectivity index (χ1v) is 5.93. The van der Waals surface area contributed by atoms with Crippen LogP contribution in [0.5, 0.6) is 0 Å². The molecule has 1 fully saturated rings. The first kappa shape index (κ1) is 13.2. The predicted octanol–water partition coefficient (Wildman–Crippen LogP) is 1.86. The fraction of sp³-hybridized carbons (Fsp3) is 0.417. The molecule has 1 saturated heterocycles. The van der Waals surface area contributed by atoms with Crippen LogP contribution in [0, 0.1) is 0 Å². The van der Waals surface area contributed by atoms with Gasteiger partial charge in [-0.15, -0.1) is 0 Å². The van der Waals surface area contributed by atoms with Crippen molar-refractivity contribution in [1.29, 1.82) is 0 Å². The summed E-state index contributed by atoms with van der Waals surface area (Å²) in [6.45, 7) is 0.609. The number of azide groups is 1. The highest BCUT2D eigenvalue weighted by molar-refractivity contribution is 5.89. The minimum atomic E-state index is -0.437. The van der Waals surface area contributed by atoms with Gasteiger partial charge in [-0.05, 0) is 29.6 Å². The van der Waals surface area contributed by atoms with Crippen molar-refractivity contribution >= 4 is 11.8 Å². The van der Waals surface area contributed by atoms with Crippen LogP contribution in [-0.2, 0) is 11.2 Å². The van der Waals surface area contributed by atoms with Crippen LogP contribution in [0.15, 0.2) is 29.4 Å². The Morgan fingerprint density at radius 2 is 2.21 bits per heavy atom. The predicted molar refractivity (Wildman–Crippen MR) is 68.9 cm³/mol. The number of nitrogens with zero attached hydrogens (tertiary/aromatic N) is 4. The zero-order valence-corrected chi connectivity index (χ0v) is 10.3. The summed E-state index contributed by atoms with van der Waals surface area (Å²) < 4.78 is 5.09. The third-order valence-electron chi connectivity index (χ3n) is 2.87. The summed E-state index contributed by atoms with van der Waals surface area (Å²) in [5.41, 5.74) is 9.98. The molecule has 1 heterocycles. The number of ether oxygens (including phenoxy) is 1. The number of rotatable bonds is 5. The van der Waals surface area contributed by atoms with Crippen molar-refractivity contribution in [1.82, 2.24) is 0 Å². The van der Waals surface area contributed by atoms with Crippen LogP contribution in [0.2, 0.25) is 0 Å². The third kappa shape index (κ3) is 3.15. The fourth-order valence-corrected chi connectivity index (χ4v) is 1.93. The maximum Gasteiger partial charge on any atom is 0.414 e. The summed E-state index contributed by atoms with van der Waals surface area (Å²) in [6, 6.07) is 7.34. The van der Waals surface area contributed by atoms with Crippen molar-refractivity contribution in [2.45, 2.75) is 12.5 Å². The fourth-order valence-electron chi connectivity index (χ4n) is 1.93. The summed E-state index contributed by atoms with van der Waals surface area (Å²) in [5.74, 6) is 0. The van der Waals surface area contributed by atoms with Gasteiger partial charge in [-0.3, -0.25) is 4.90 Å². The second kappa shape index (κ2) is 6.08. The first-order valence-electron chi connectivity index (χ1n) is 5.93. The number of hydrogen-bond donors (Lipinski definition) is 1. The van der Waals surface area contributed by atoms with Gasteiger partial charge in [0.1, 0.15) is 6.10 Å². The molecule has 0 aromatic heterocycles. The molecule has 0 aliphatic carbocycles. The highest BCUT2D eigenvalue weighted by Crippen LogP contribution is 2.22. The number of carbonyl (C=O) groups is 1. The van der Waals surface area contributed by atoms with Gasteiger partial charge in [0.15, 0.2) is 0 Å². The lowest BCUT2D eigenvalue weighted by atomic mass is 10.1. The van der Waals surface area contributed by atoms with Gasteiger partial charge in [-0.25, -0.2) is 4.79 Å². The van der Waals surface area contributed by atoms with Crippen molar-refractivity contribution in [2.24, 2.45) is 5.11 Å². The lowest BCUT2D eigenvalue weighted by Crippen LogP contribution is -2.25. The first-order chi connectivity index (χ1) is 9.24. The van der Waals surface area contributed by atoms with E-state index in [4.69, 9.17) is 15.4 Å². The van der Waals surface area contributed by atoms with Gasteiger partial charge in [-0.1, -0.05) is 17.2 Å². The SMILES string of the molecule is [N-]=[N+]=NC[C@H]1CN(c2ccc(CCO)cc2)C(=O)O1. The molecule has 1 atom stereocenters. The maximum absolute atomic E-state index is 11.7. The zero-order valence-electron chi connectivity index (χ0n) is 10.3. The molecule has 1 N–H and O–H groups in total. The van der Waals surface area contributed by atoms with E-state index in [-0.39, 0.29) is 13.2 Å². The number of anilines is 1. The highest BCUT2D eigenvalue weighted by atomic mass is 16.6. The van der Waals surface area contributed by atoms with E-state index in [1.807, 2.05) is 24.3 Å². The average molecular weight is 262 g/mol. The maximum atomic E-state index is 11.7. The molecule has 0 unspecified atom stereocenters. The topological polar surface area (TPSA) is 98.5 Å². The van der Waals surface area contributed by atoms with Gasteiger partial charge < -0.3 is 9.84 Å². The summed E-state index contributed by atoms with van der Waals surface area (Å²) in [4.78, 5) is 15.8. The van der Waals surface area contributed by atoms with Crippen LogP contribution in [0.25, 0.3) is 10.4 Å². The number of amides is 1. The lowest BCUT2D eigenvalue weighted by molar-refractivity contribution is 0.145. The van der Waals surface area contributed by atoms with Crippen LogP contribution >= 0.6 is 0 Å². The average Bonchev–Trinajstić information content (AvgIpc) is 2.79. The molecule has 0 spiro atoms. The van der Waals surface area contributed by atoms with E-state index < -0.39 is 12.2 Å². The van der Waals surface area contributed by atoms with Gasteiger partial charge in [0.2, 0.25) is 0 Å². The second-order valence-corrected chi connectivity index (χ2v) is 4.17. The highest BCUT2D eigenvalue weighted by Gasteiger charge is 2.31. The Labute approximate surface area is 110 Å². The second-order valence-electron chi connectivity index (χ2n) is 4.17. The zero-order chi connectivity index (χ0) is 13.7. The molecule has 7 nitrogen and oxygen atoms in total. The molecule has 1 aromatic rings. The Morgan fingerprint density at radius 1 is 1.47 bits per heavy atom. The summed E-state index contributed by atoms with van der Waals surface area (Å²) >= 11 is 0. The number of benzene rings is 1. The molecule has 19 heavy (non-hydrogen) atoms. The summed E-state index contributed by atoms with van der Waals surface area (Å²) in [6.07, 6.45) is -0.252. The van der Waals surface area contributed by atoms with Crippen LogP contribution < -0.4 is 4.90 Å². The Bertz CT molecular complexity index is 496. The van der Waals surface area contributed by atoms with E-state index in [1.54, 1.807) is 0 Å². The number of hydrogen-bond acceptors (Lipinski definition) is 4. The van der Waals surface area contributed by atoms with Gasteiger partial charge >= 0.3 is 6.09 Å². The van der Waals surface area contributed by atoms with Crippen LogP contribution in [0.3, 0.4) is 0 Å². The Kier molecular flexibility index (Phi) is 4.22. The number of aliphatic hydroxyl groups is 1. The van der Waals surface area contributed by atoms with Gasteiger partial charge in [0, 0.05) is 17.2 Å². The van der Waals surface area contributed by atoms with Crippen LogP contribution in [0.1, 0.15) is 5.56 Å². The van der Waals surface area contributed by atoms with E-state index in [2.05, 4.69) is 10.0 Å². The van der Waals surface area contributed by atoms with E-state index >= 15 is 0 Å². The number of cyclic esters (lactones) is 1. The molecule has 1 aliphatic rings. The molecule has 0 saturated carbocycles. The van der Waals surface area contributed by atoms with E-state index in [0.29, 0.717) is 13.0 Å². The standard InChI is InChI=1S/C12H14N4O3/c13-15-14-7-11-8-16(12(18)19-11)10-3-1-9(2-4-10)5-6-17/h1-4,11,17H,5-8H2/t11-/m0/s1. The van der Waals surface area contributed by atoms with Crippen molar-refractivity contribution in [3.63, 3.8) is 0 Å². The molecule has 0 bridgehead atoms. The third-order valence-corrected chi connectivity index (χ3v) is 2.87. The Balaban J connectivity index is 2.05. The quantitative estimate of drug-likeness (QED) is 0.498. The summed E-state index contributed by atoms with van der Waals surface area (Å²) in [7, 11) is 0. The summed E-state index contributed by atoms with van der Waals surface area (Å²) in [5, 5.41) is 12.2. The molecule has 7 heteroatoms. The smallest absolute Gasteiger partial charge is 0.414 e. The molecule has 0 radical (unpaired) electrons. The van der Waals surface area contributed by atoms with Gasteiger partial charge in [-0.2, -0.15) is 0 Å². The van der Waals surface area contributed by atoms with E-state index in [9.17, 15) is 4.79 Å². The molecule has 2 rings (SSSR count). The Morgan fingerprint density at radius 3 is 2.84 bits per heavy atom. The molecule has 100 valence electrons. The normalized spacial score (nSPS) is 18.1. The van der Waals surface area contributed by atoms with Crippen molar-refractivity contribution < 1.29 is 14.6 Å². The number of carbonyl (C=O) groups excluding carboxylic acids is 1. The minimum Gasteiger partial charge on any atom is -0.444 e.